The van der Waals surface area contributed by atoms with Crippen molar-refractivity contribution in [2.75, 3.05) is 25.6 Å². The maximum absolute atomic E-state index is 5.68. The van der Waals surface area contributed by atoms with Crippen LogP contribution in [0.3, 0.4) is 0 Å². The molecule has 0 radical (unpaired) electrons. The minimum Gasteiger partial charge on any atom is -0.480 e. The number of anilines is 1. The molecule has 2 aliphatic rings. The molecule has 1 aliphatic heterocycles. The van der Waals surface area contributed by atoms with Crippen molar-refractivity contribution >= 4 is 28.0 Å². The zero-order valence-corrected chi connectivity index (χ0v) is 17.7. The molecule has 0 amide bonds. The molecule has 1 spiro atoms. The largest absolute Gasteiger partial charge is 0.480 e. The van der Waals surface area contributed by atoms with Gasteiger partial charge in [0.2, 0.25) is 11.8 Å². The molecule has 0 unspecified atom stereocenters. The van der Waals surface area contributed by atoms with Crippen LogP contribution < -0.4 is 10.1 Å². The van der Waals surface area contributed by atoms with Crippen molar-refractivity contribution in [3.8, 4) is 17.0 Å². The molecular weight excluding hydrogens is 394 g/mol. The Kier molecular flexibility index (Phi) is 4.14. The van der Waals surface area contributed by atoms with Crippen LogP contribution in [0.5, 0.6) is 5.88 Å². The Morgan fingerprint density at radius 1 is 1.23 bits per heavy atom. The van der Waals surface area contributed by atoms with E-state index < -0.39 is 0 Å². The lowest BCUT2D eigenvalue weighted by atomic mass is 9.71. The third kappa shape index (κ3) is 3.03. The summed E-state index contributed by atoms with van der Waals surface area (Å²) in [5.41, 5.74) is 5.05. The van der Waals surface area contributed by atoms with Gasteiger partial charge in [-0.1, -0.05) is 11.3 Å². The van der Waals surface area contributed by atoms with Gasteiger partial charge in [0.1, 0.15) is 11.2 Å². The summed E-state index contributed by atoms with van der Waals surface area (Å²) in [6.07, 6.45) is 6.57. The van der Waals surface area contributed by atoms with Crippen molar-refractivity contribution in [2.24, 2.45) is 12.5 Å². The summed E-state index contributed by atoms with van der Waals surface area (Å²) in [4.78, 5) is 12.7. The van der Waals surface area contributed by atoms with Crippen LogP contribution in [0.15, 0.2) is 24.4 Å². The molecular formula is C22H25N7O2. The van der Waals surface area contributed by atoms with Gasteiger partial charge < -0.3 is 19.8 Å². The van der Waals surface area contributed by atoms with E-state index in [-0.39, 0.29) is 0 Å². The first-order valence-corrected chi connectivity index (χ1v) is 10.7. The fraction of sp³-hybridized carbons (Fsp3) is 0.455. The summed E-state index contributed by atoms with van der Waals surface area (Å²) < 4.78 is 12.9. The zero-order chi connectivity index (χ0) is 21.0. The van der Waals surface area contributed by atoms with Crippen molar-refractivity contribution < 1.29 is 9.47 Å². The standard InChI is InChI=1S/C22H25N7O2/c1-29-17-9-13(3-4-16(17)27-28-29)15-10-23-19-18(15)20(30-2)26-21(25-19)24-14-5-7-22(8-6-14)11-31-12-22/h3-4,9-10,14H,5-8,11-12H2,1-2H3,(H2,23,24,25,26). The maximum Gasteiger partial charge on any atom is 0.228 e. The minimum atomic E-state index is 0.377. The van der Waals surface area contributed by atoms with E-state index in [0.29, 0.717) is 23.3 Å². The molecule has 9 heteroatoms. The van der Waals surface area contributed by atoms with E-state index >= 15 is 0 Å². The number of hydrogen-bond acceptors (Lipinski definition) is 7. The molecule has 2 fully saturated rings. The second kappa shape index (κ2) is 6.91. The van der Waals surface area contributed by atoms with Gasteiger partial charge in [-0.15, -0.1) is 5.10 Å². The number of benzene rings is 1. The monoisotopic (exact) mass is 419 g/mol. The molecule has 2 N–H and O–H groups in total. The number of fused-ring (bicyclic) bond motifs is 2. The Hall–Kier alpha value is -3.20. The molecule has 31 heavy (non-hydrogen) atoms. The van der Waals surface area contributed by atoms with E-state index in [9.17, 15) is 0 Å². The lowest BCUT2D eigenvalue weighted by Crippen LogP contribution is -2.47. The molecule has 6 rings (SSSR count). The van der Waals surface area contributed by atoms with Crippen LogP contribution in [0.1, 0.15) is 25.7 Å². The smallest absolute Gasteiger partial charge is 0.228 e. The molecule has 4 heterocycles. The number of aromatic amines is 1. The molecule has 3 aromatic heterocycles. The number of nitrogens with zero attached hydrogens (tertiary/aromatic N) is 5. The normalized spacial score (nSPS) is 18.5. The summed E-state index contributed by atoms with van der Waals surface area (Å²) in [7, 11) is 3.54. The second-order valence-corrected chi connectivity index (χ2v) is 8.81. The topological polar surface area (TPSA) is 103 Å². The van der Waals surface area contributed by atoms with Gasteiger partial charge in [0.25, 0.3) is 0 Å². The van der Waals surface area contributed by atoms with Crippen molar-refractivity contribution in [3.63, 3.8) is 0 Å². The van der Waals surface area contributed by atoms with Crippen LogP contribution >= 0.6 is 0 Å². The van der Waals surface area contributed by atoms with Gasteiger partial charge in [0.15, 0.2) is 0 Å². The molecule has 0 bridgehead atoms. The number of H-pyrrole nitrogens is 1. The summed E-state index contributed by atoms with van der Waals surface area (Å²) in [5.74, 6) is 1.17. The molecule has 1 aromatic carbocycles. The van der Waals surface area contributed by atoms with Crippen molar-refractivity contribution in [3.05, 3.63) is 24.4 Å². The van der Waals surface area contributed by atoms with E-state index in [1.165, 1.54) is 12.8 Å². The average Bonchev–Trinajstić information content (AvgIpc) is 3.36. The van der Waals surface area contributed by atoms with E-state index in [1.807, 2.05) is 25.4 Å². The summed E-state index contributed by atoms with van der Waals surface area (Å²) >= 11 is 0. The van der Waals surface area contributed by atoms with E-state index in [2.05, 4.69) is 26.7 Å². The number of hydrogen-bond donors (Lipinski definition) is 2. The highest BCUT2D eigenvalue weighted by molar-refractivity contribution is 5.99. The summed E-state index contributed by atoms with van der Waals surface area (Å²) in [5, 5.41) is 12.7. The SMILES string of the molecule is COc1nc(NC2CCC3(CC2)COC3)nc2[nH]cc(-c3ccc4nnn(C)c4c3)c12. The highest BCUT2D eigenvalue weighted by Crippen LogP contribution is 2.43. The molecule has 4 aromatic rings. The Bertz CT molecular complexity index is 1260. The van der Waals surface area contributed by atoms with Crippen LogP contribution in [-0.2, 0) is 11.8 Å². The van der Waals surface area contributed by atoms with Gasteiger partial charge in [0, 0.05) is 30.3 Å². The van der Waals surface area contributed by atoms with Gasteiger partial charge in [-0.05, 0) is 43.4 Å². The first-order chi connectivity index (χ1) is 15.1. The lowest BCUT2D eigenvalue weighted by Gasteiger charge is -2.46. The predicted octanol–water partition coefficient (Wildman–Crippen LogP) is 3.29. The Morgan fingerprint density at radius 2 is 2.06 bits per heavy atom. The fourth-order valence-electron chi connectivity index (χ4n) is 4.87. The van der Waals surface area contributed by atoms with E-state index in [1.54, 1.807) is 11.8 Å². The number of rotatable bonds is 4. The van der Waals surface area contributed by atoms with Crippen molar-refractivity contribution in [1.29, 1.82) is 0 Å². The van der Waals surface area contributed by atoms with Crippen molar-refractivity contribution in [1.82, 2.24) is 29.9 Å². The quantitative estimate of drug-likeness (QED) is 0.523. The van der Waals surface area contributed by atoms with Crippen LogP contribution in [0.4, 0.5) is 5.95 Å². The lowest BCUT2D eigenvalue weighted by molar-refractivity contribution is -0.131. The number of methoxy groups -OCH3 is 1. The van der Waals surface area contributed by atoms with Gasteiger partial charge in [0.05, 0.1) is 31.2 Å². The highest BCUT2D eigenvalue weighted by Gasteiger charge is 2.41. The van der Waals surface area contributed by atoms with Crippen LogP contribution in [0, 0.1) is 5.41 Å². The zero-order valence-electron chi connectivity index (χ0n) is 17.7. The molecule has 1 saturated carbocycles. The summed E-state index contributed by atoms with van der Waals surface area (Å²) in [6.45, 7) is 1.84. The van der Waals surface area contributed by atoms with Gasteiger partial charge >= 0.3 is 0 Å². The third-order valence-corrected chi connectivity index (χ3v) is 6.81. The van der Waals surface area contributed by atoms with Crippen LogP contribution in [0.2, 0.25) is 0 Å². The number of nitrogens with one attached hydrogen (secondary N) is 2. The first-order valence-electron chi connectivity index (χ1n) is 10.7. The van der Waals surface area contributed by atoms with E-state index in [4.69, 9.17) is 19.4 Å². The van der Waals surface area contributed by atoms with Crippen LogP contribution in [0.25, 0.3) is 33.2 Å². The first kappa shape index (κ1) is 18.6. The van der Waals surface area contributed by atoms with Gasteiger partial charge in [-0.3, -0.25) is 0 Å². The molecule has 9 nitrogen and oxygen atoms in total. The van der Waals surface area contributed by atoms with Gasteiger partial charge in [-0.25, -0.2) is 4.68 Å². The maximum atomic E-state index is 5.68. The number of aryl methyl sites for hydroxylation is 1. The predicted molar refractivity (Wildman–Crippen MR) is 117 cm³/mol. The number of ether oxygens (including phenoxy) is 2. The molecule has 0 atom stereocenters. The van der Waals surface area contributed by atoms with Gasteiger partial charge in [-0.2, -0.15) is 9.97 Å². The highest BCUT2D eigenvalue weighted by atomic mass is 16.5. The molecule has 1 saturated heterocycles. The summed E-state index contributed by atoms with van der Waals surface area (Å²) in [6, 6.07) is 6.46. The Balaban J connectivity index is 1.32. The Morgan fingerprint density at radius 3 is 2.81 bits per heavy atom. The minimum absolute atomic E-state index is 0.377. The fourth-order valence-corrected chi connectivity index (χ4v) is 4.87. The second-order valence-electron chi connectivity index (χ2n) is 8.81. The number of aromatic nitrogens is 6. The third-order valence-electron chi connectivity index (χ3n) is 6.81. The Labute approximate surface area is 179 Å². The average molecular weight is 419 g/mol. The van der Waals surface area contributed by atoms with Crippen molar-refractivity contribution in [2.45, 2.75) is 31.7 Å². The van der Waals surface area contributed by atoms with E-state index in [0.717, 1.165) is 59.2 Å². The van der Waals surface area contributed by atoms with Crippen LogP contribution in [-0.4, -0.2) is 56.3 Å². The molecule has 160 valence electrons. The molecule has 1 aliphatic carbocycles.